The van der Waals surface area contributed by atoms with Gasteiger partial charge in [0, 0.05) is 35.7 Å². The molecule has 0 bridgehead atoms. The summed E-state index contributed by atoms with van der Waals surface area (Å²) in [5.74, 6) is -1.22. The van der Waals surface area contributed by atoms with Crippen LogP contribution >= 0.6 is 35.6 Å². The lowest BCUT2D eigenvalue weighted by atomic mass is 10.1. The average molecular weight is 656 g/mol. The predicted octanol–water partition coefficient (Wildman–Crippen LogP) is 6.76. The fourth-order valence-electron chi connectivity index (χ4n) is 4.39. The van der Waals surface area contributed by atoms with E-state index in [0.717, 1.165) is 32.4 Å². The summed E-state index contributed by atoms with van der Waals surface area (Å²) in [6.07, 6.45) is -3.22. The first-order valence-corrected chi connectivity index (χ1v) is 14.9. The fourth-order valence-corrected chi connectivity index (χ4v) is 5.86. The molecule has 1 aromatic heterocycles. The number of rotatable bonds is 9. The van der Waals surface area contributed by atoms with Gasteiger partial charge in [0.05, 0.1) is 22.2 Å². The van der Waals surface area contributed by atoms with Crippen molar-refractivity contribution < 1.29 is 30.6 Å². The van der Waals surface area contributed by atoms with Gasteiger partial charge in [0.2, 0.25) is 0 Å². The molecule has 1 amide bonds. The van der Waals surface area contributed by atoms with Crippen LogP contribution in [0.1, 0.15) is 48.2 Å². The number of alkyl halides is 3. The summed E-state index contributed by atoms with van der Waals surface area (Å²) in [5, 5.41) is 7.15. The minimum Gasteiger partial charge on any atom is -0.382 e. The Kier molecular flexibility index (Phi) is 11.0. The summed E-state index contributed by atoms with van der Waals surface area (Å²) >= 11 is 12.6. The van der Waals surface area contributed by atoms with Crippen molar-refractivity contribution in [2.75, 3.05) is 18.8 Å². The number of aromatic nitrogens is 2. The quantitative estimate of drug-likeness (QED) is 0.256. The van der Waals surface area contributed by atoms with Crippen molar-refractivity contribution in [1.29, 1.82) is 0 Å². The second-order valence-electron chi connectivity index (χ2n) is 9.41. The summed E-state index contributed by atoms with van der Waals surface area (Å²) in [7, 11) is -4.23. The highest BCUT2D eigenvalue weighted by Gasteiger charge is 2.28. The molecule has 1 saturated heterocycles. The van der Waals surface area contributed by atoms with Gasteiger partial charge < -0.3 is 4.18 Å². The number of nitrogens with zero attached hydrogens (tertiary/aromatic N) is 3. The van der Waals surface area contributed by atoms with Gasteiger partial charge in [-0.1, -0.05) is 29.6 Å². The van der Waals surface area contributed by atoms with E-state index < -0.39 is 34.9 Å². The number of halogens is 6. The molecule has 1 aliphatic rings. The van der Waals surface area contributed by atoms with E-state index in [4.69, 9.17) is 27.4 Å². The van der Waals surface area contributed by atoms with Crippen molar-refractivity contribution in [2.24, 2.45) is 0 Å². The smallest absolute Gasteiger partial charge is 0.382 e. The molecule has 3 aromatic rings. The molecule has 0 saturated carbocycles. The Balaban J connectivity index is 0.00000462. The number of carbonyl (C=O) groups excluding carboxylic acids is 1. The fraction of sp³-hybridized carbons (Fsp3) is 0.385. The highest BCUT2D eigenvalue weighted by Crippen LogP contribution is 2.34. The minimum absolute atomic E-state index is 0. The average Bonchev–Trinajstić information content (AvgIpc) is 3.20. The van der Waals surface area contributed by atoms with Crippen molar-refractivity contribution in [3.63, 3.8) is 0 Å². The molecular weight excluding hydrogens is 628 g/mol. The standard InChI is InChI=1S/C26H27Cl2F3N4O4S.ClH/c1-17-23(25(36)33-34-13-3-2-4-14-34)32-35(22-11-8-19(27)16-21(22)28)24(17)18-6-9-20(10-7-18)39-40(37,38)15-5-12-26(29,30)31;/h6-11,16H,2-5,12-15H2,1H3,(H,33,36);1H. The van der Waals surface area contributed by atoms with Crippen molar-refractivity contribution >= 4 is 51.6 Å². The van der Waals surface area contributed by atoms with E-state index in [-0.39, 0.29) is 29.8 Å². The molecule has 15 heteroatoms. The maximum absolute atomic E-state index is 13.2. The van der Waals surface area contributed by atoms with Crippen molar-refractivity contribution in [3.05, 3.63) is 63.8 Å². The normalized spacial score (nSPS) is 14.4. The van der Waals surface area contributed by atoms with E-state index >= 15 is 0 Å². The molecule has 4 rings (SSSR count). The third-order valence-corrected chi connectivity index (χ3v) is 8.07. The number of carbonyl (C=O) groups is 1. The molecule has 41 heavy (non-hydrogen) atoms. The van der Waals surface area contributed by atoms with E-state index in [0.29, 0.717) is 32.6 Å². The Hall–Kier alpha value is -2.51. The Morgan fingerprint density at radius 3 is 2.34 bits per heavy atom. The summed E-state index contributed by atoms with van der Waals surface area (Å²) in [6.45, 7) is 3.22. The Bertz CT molecular complexity index is 1480. The van der Waals surface area contributed by atoms with Crippen LogP contribution in [0.2, 0.25) is 10.0 Å². The van der Waals surface area contributed by atoms with E-state index in [1.165, 1.54) is 16.8 Å². The molecule has 0 atom stereocenters. The monoisotopic (exact) mass is 654 g/mol. The van der Waals surface area contributed by atoms with Crippen LogP contribution in [0.4, 0.5) is 13.2 Å². The number of piperidine rings is 1. The van der Waals surface area contributed by atoms with Gasteiger partial charge in [0.1, 0.15) is 5.75 Å². The number of hydrogen-bond donors (Lipinski definition) is 1. The number of amides is 1. The molecule has 1 aliphatic heterocycles. The van der Waals surface area contributed by atoms with Gasteiger partial charge in [0.25, 0.3) is 5.91 Å². The van der Waals surface area contributed by atoms with Gasteiger partial charge >= 0.3 is 16.3 Å². The zero-order valence-corrected chi connectivity index (χ0v) is 25.0. The van der Waals surface area contributed by atoms with Crippen LogP contribution in [0.25, 0.3) is 16.9 Å². The first-order chi connectivity index (χ1) is 18.8. The molecule has 1 N–H and O–H groups in total. The number of nitrogens with one attached hydrogen (secondary N) is 1. The van der Waals surface area contributed by atoms with Gasteiger partial charge in [-0.15, -0.1) is 12.4 Å². The molecule has 0 radical (unpaired) electrons. The summed E-state index contributed by atoms with van der Waals surface area (Å²) in [6, 6.07) is 10.7. The van der Waals surface area contributed by atoms with Crippen LogP contribution in [-0.4, -0.2) is 54.1 Å². The van der Waals surface area contributed by atoms with Gasteiger partial charge in [0.15, 0.2) is 5.69 Å². The summed E-state index contributed by atoms with van der Waals surface area (Å²) in [4.78, 5) is 13.2. The Labute approximate surface area is 252 Å². The van der Waals surface area contributed by atoms with Gasteiger partial charge in [-0.25, -0.2) is 9.69 Å². The zero-order valence-electron chi connectivity index (χ0n) is 21.9. The lowest BCUT2D eigenvalue weighted by Crippen LogP contribution is -2.45. The molecule has 0 spiro atoms. The number of hydrogen-bond acceptors (Lipinski definition) is 6. The van der Waals surface area contributed by atoms with E-state index in [9.17, 15) is 26.4 Å². The van der Waals surface area contributed by atoms with Gasteiger partial charge in [-0.05, 0) is 68.7 Å². The van der Waals surface area contributed by atoms with Crippen molar-refractivity contribution in [3.8, 4) is 22.7 Å². The second kappa shape index (κ2) is 13.6. The Morgan fingerprint density at radius 2 is 1.73 bits per heavy atom. The first-order valence-electron chi connectivity index (χ1n) is 12.5. The third-order valence-electron chi connectivity index (χ3n) is 6.30. The molecule has 2 heterocycles. The lowest BCUT2D eigenvalue weighted by Gasteiger charge is -2.26. The Morgan fingerprint density at radius 1 is 1.07 bits per heavy atom. The third kappa shape index (κ3) is 8.74. The van der Waals surface area contributed by atoms with Crippen LogP contribution in [0.15, 0.2) is 42.5 Å². The molecule has 224 valence electrons. The van der Waals surface area contributed by atoms with Crippen LogP contribution in [0.5, 0.6) is 5.75 Å². The van der Waals surface area contributed by atoms with Crippen LogP contribution < -0.4 is 9.61 Å². The zero-order chi connectivity index (χ0) is 29.1. The van der Waals surface area contributed by atoms with Gasteiger partial charge in [-0.3, -0.25) is 10.2 Å². The summed E-state index contributed by atoms with van der Waals surface area (Å²) < 4.78 is 68.0. The van der Waals surface area contributed by atoms with E-state index in [1.807, 2.05) is 5.01 Å². The topological polar surface area (TPSA) is 93.5 Å². The van der Waals surface area contributed by atoms with Crippen molar-refractivity contribution in [1.82, 2.24) is 20.2 Å². The van der Waals surface area contributed by atoms with E-state index in [2.05, 4.69) is 10.5 Å². The lowest BCUT2D eigenvalue weighted by molar-refractivity contribution is -0.134. The van der Waals surface area contributed by atoms with Crippen molar-refractivity contribution in [2.45, 2.75) is 45.2 Å². The molecular formula is C26H28Cl3F3N4O4S. The predicted molar refractivity (Wildman–Crippen MR) is 154 cm³/mol. The molecule has 1 fully saturated rings. The summed E-state index contributed by atoms with van der Waals surface area (Å²) in [5.41, 5.74) is 5.19. The number of benzene rings is 2. The largest absolute Gasteiger partial charge is 0.389 e. The molecule has 0 unspecified atom stereocenters. The number of hydrazine groups is 1. The maximum atomic E-state index is 13.2. The molecule has 0 aliphatic carbocycles. The maximum Gasteiger partial charge on any atom is 0.389 e. The minimum atomic E-state index is -4.45. The van der Waals surface area contributed by atoms with Crippen LogP contribution in [0.3, 0.4) is 0 Å². The van der Waals surface area contributed by atoms with Crippen LogP contribution in [-0.2, 0) is 10.1 Å². The first kappa shape index (κ1) is 33.0. The highest BCUT2D eigenvalue weighted by atomic mass is 35.5. The second-order valence-corrected chi connectivity index (χ2v) is 11.9. The SMILES string of the molecule is Cc1c(C(=O)NN2CCCCC2)nn(-c2ccc(Cl)cc2Cl)c1-c1ccc(OS(=O)(=O)CCCC(F)(F)F)cc1.Cl. The highest BCUT2D eigenvalue weighted by molar-refractivity contribution is 7.87. The van der Waals surface area contributed by atoms with Gasteiger partial charge in [-0.2, -0.15) is 26.7 Å². The van der Waals surface area contributed by atoms with Crippen LogP contribution in [0, 0.1) is 6.92 Å². The molecule has 2 aromatic carbocycles. The molecule has 8 nitrogen and oxygen atoms in total. The van der Waals surface area contributed by atoms with E-state index in [1.54, 1.807) is 37.3 Å².